The van der Waals surface area contributed by atoms with Gasteiger partial charge in [0, 0.05) is 21.8 Å². The summed E-state index contributed by atoms with van der Waals surface area (Å²) >= 11 is 13.3. The van der Waals surface area contributed by atoms with Crippen LogP contribution in [0.4, 0.5) is 5.69 Å². The molecule has 1 amide bonds. The van der Waals surface area contributed by atoms with Crippen LogP contribution in [0.3, 0.4) is 0 Å². The number of methoxy groups -OCH3 is 1. The highest BCUT2D eigenvalue weighted by molar-refractivity contribution is 9.11. The number of nitrogens with one attached hydrogen (secondary N) is 1. The molecule has 0 spiro atoms. The van der Waals surface area contributed by atoms with E-state index in [4.69, 9.17) is 4.74 Å². The van der Waals surface area contributed by atoms with Crippen molar-refractivity contribution in [3.63, 3.8) is 0 Å². The molecular weight excluding hydrogens is 574 g/mol. The van der Waals surface area contributed by atoms with Gasteiger partial charge in [0.15, 0.2) is 0 Å². The molecule has 0 atom stereocenters. The molecule has 2 aromatic carbocycles. The first kappa shape index (κ1) is 19.5. The molecule has 0 heterocycles. The quantitative estimate of drug-likeness (QED) is 0.337. The minimum Gasteiger partial charge on any atom is -0.506 e. The zero-order valence-corrected chi connectivity index (χ0v) is 18.6. The number of aromatic hydroxyl groups is 1. The Labute approximate surface area is 172 Å². The van der Waals surface area contributed by atoms with Crippen molar-refractivity contribution in [2.24, 2.45) is 0 Å². The molecule has 126 valence electrons. The normalized spacial score (nSPS) is 10.9. The van der Waals surface area contributed by atoms with E-state index in [0.717, 1.165) is 14.5 Å². The fourth-order valence-corrected chi connectivity index (χ4v) is 4.51. The van der Waals surface area contributed by atoms with Crippen molar-refractivity contribution in [1.82, 2.24) is 0 Å². The lowest BCUT2D eigenvalue weighted by molar-refractivity contribution is -0.111. The summed E-state index contributed by atoms with van der Waals surface area (Å²) < 4.78 is 7.94. The Kier molecular flexibility index (Phi) is 6.91. The largest absolute Gasteiger partial charge is 0.506 e. The summed E-state index contributed by atoms with van der Waals surface area (Å²) in [6.07, 6.45) is 3.07. The van der Waals surface area contributed by atoms with Gasteiger partial charge in [-0.25, -0.2) is 0 Å². The molecule has 0 aliphatic carbocycles. The molecule has 2 N–H and O–H groups in total. The highest BCUT2D eigenvalue weighted by Crippen LogP contribution is 2.35. The van der Waals surface area contributed by atoms with Gasteiger partial charge in [0.2, 0.25) is 5.91 Å². The Balaban J connectivity index is 2.20. The molecule has 0 unspecified atom stereocenters. The van der Waals surface area contributed by atoms with Crippen LogP contribution >= 0.6 is 63.7 Å². The maximum Gasteiger partial charge on any atom is 0.248 e. The van der Waals surface area contributed by atoms with Gasteiger partial charge >= 0.3 is 0 Å². The van der Waals surface area contributed by atoms with E-state index in [1.54, 1.807) is 25.3 Å². The molecule has 0 aromatic heterocycles. The molecule has 0 bridgehead atoms. The number of carbonyl (C=O) groups is 1. The van der Waals surface area contributed by atoms with E-state index in [0.29, 0.717) is 20.4 Å². The lowest BCUT2D eigenvalue weighted by Gasteiger charge is -2.09. The molecule has 0 saturated carbocycles. The fourth-order valence-electron chi connectivity index (χ4n) is 1.91. The van der Waals surface area contributed by atoms with Crippen LogP contribution in [-0.2, 0) is 4.79 Å². The van der Waals surface area contributed by atoms with Gasteiger partial charge < -0.3 is 15.2 Å². The standard InChI is InChI=1S/C16H11Br4NO3/c1-24-16-8(4-9(17)5-13(16)20)2-3-14(22)21-10-6-11(18)15(23)12(19)7-10/h2-7,23H,1H3,(H,21,22)/b3-2+. The van der Waals surface area contributed by atoms with Crippen LogP contribution in [-0.4, -0.2) is 18.1 Å². The van der Waals surface area contributed by atoms with Gasteiger partial charge in [-0.15, -0.1) is 0 Å². The van der Waals surface area contributed by atoms with E-state index in [2.05, 4.69) is 69.0 Å². The summed E-state index contributed by atoms with van der Waals surface area (Å²) in [6.45, 7) is 0. The van der Waals surface area contributed by atoms with Gasteiger partial charge in [-0.2, -0.15) is 0 Å². The van der Waals surface area contributed by atoms with Crippen LogP contribution in [0.5, 0.6) is 11.5 Å². The Bertz CT molecular complexity index is 798. The summed E-state index contributed by atoms with van der Waals surface area (Å²) in [5.74, 6) is 0.405. The second-order valence-corrected chi connectivity index (χ2v) is 8.10. The maximum atomic E-state index is 12.1. The zero-order chi connectivity index (χ0) is 17.9. The van der Waals surface area contributed by atoms with Crippen molar-refractivity contribution >= 4 is 81.4 Å². The maximum absolute atomic E-state index is 12.1. The van der Waals surface area contributed by atoms with Gasteiger partial charge in [-0.1, -0.05) is 15.9 Å². The van der Waals surface area contributed by atoms with Crippen LogP contribution in [0.15, 0.2) is 48.2 Å². The minimum atomic E-state index is -0.308. The highest BCUT2D eigenvalue weighted by atomic mass is 79.9. The number of carbonyl (C=O) groups excluding carboxylic acids is 1. The number of ether oxygens (including phenoxy) is 1. The number of phenolic OH excluding ortho intramolecular Hbond substituents is 1. The van der Waals surface area contributed by atoms with E-state index < -0.39 is 0 Å². The van der Waals surface area contributed by atoms with Gasteiger partial charge in [0.1, 0.15) is 11.5 Å². The number of benzene rings is 2. The molecule has 2 aromatic rings. The Morgan fingerprint density at radius 1 is 1.08 bits per heavy atom. The second kappa shape index (κ2) is 8.51. The molecule has 24 heavy (non-hydrogen) atoms. The third kappa shape index (κ3) is 4.84. The van der Waals surface area contributed by atoms with Crippen molar-refractivity contribution in [2.75, 3.05) is 12.4 Å². The first-order valence-electron chi connectivity index (χ1n) is 6.52. The number of rotatable bonds is 4. The third-order valence-electron chi connectivity index (χ3n) is 2.94. The summed E-state index contributed by atoms with van der Waals surface area (Å²) in [4.78, 5) is 12.1. The van der Waals surface area contributed by atoms with Gasteiger partial charge in [0.25, 0.3) is 0 Å². The number of phenols is 1. The van der Waals surface area contributed by atoms with Crippen molar-refractivity contribution in [2.45, 2.75) is 0 Å². The molecule has 0 radical (unpaired) electrons. The predicted molar refractivity (Wildman–Crippen MR) is 110 cm³/mol. The molecule has 0 fully saturated rings. The molecule has 0 aliphatic heterocycles. The van der Waals surface area contributed by atoms with Gasteiger partial charge in [0.05, 0.1) is 20.5 Å². The topological polar surface area (TPSA) is 58.6 Å². The van der Waals surface area contributed by atoms with E-state index in [-0.39, 0.29) is 11.7 Å². The van der Waals surface area contributed by atoms with E-state index in [1.165, 1.54) is 6.08 Å². The molecule has 2 rings (SSSR count). The summed E-state index contributed by atoms with van der Waals surface area (Å²) in [7, 11) is 1.57. The number of anilines is 1. The average molecular weight is 585 g/mol. The highest BCUT2D eigenvalue weighted by Gasteiger charge is 2.09. The fraction of sp³-hybridized carbons (Fsp3) is 0.0625. The lowest BCUT2D eigenvalue weighted by atomic mass is 10.2. The van der Waals surface area contributed by atoms with Crippen molar-refractivity contribution in [1.29, 1.82) is 0 Å². The Morgan fingerprint density at radius 3 is 2.29 bits per heavy atom. The molecule has 4 nitrogen and oxygen atoms in total. The van der Waals surface area contributed by atoms with E-state index >= 15 is 0 Å². The second-order valence-electron chi connectivity index (χ2n) is 4.62. The molecule has 0 aliphatic rings. The van der Waals surface area contributed by atoms with Crippen LogP contribution in [0, 0.1) is 0 Å². The number of hydrogen-bond acceptors (Lipinski definition) is 3. The SMILES string of the molecule is COc1c(Br)cc(Br)cc1/C=C/C(=O)Nc1cc(Br)c(O)c(Br)c1. The summed E-state index contributed by atoms with van der Waals surface area (Å²) in [6, 6.07) is 6.94. The molecule has 8 heteroatoms. The van der Waals surface area contributed by atoms with Gasteiger partial charge in [-0.3, -0.25) is 4.79 Å². The summed E-state index contributed by atoms with van der Waals surface area (Å²) in [5.41, 5.74) is 1.30. The summed E-state index contributed by atoms with van der Waals surface area (Å²) in [5, 5.41) is 12.4. The average Bonchev–Trinajstić information content (AvgIpc) is 2.50. The minimum absolute atomic E-state index is 0.0762. The smallest absolute Gasteiger partial charge is 0.248 e. The van der Waals surface area contributed by atoms with E-state index in [9.17, 15) is 9.90 Å². The first-order valence-corrected chi connectivity index (χ1v) is 9.69. The van der Waals surface area contributed by atoms with Crippen molar-refractivity contribution in [3.8, 4) is 11.5 Å². The number of hydrogen-bond donors (Lipinski definition) is 2. The monoisotopic (exact) mass is 581 g/mol. The first-order chi connectivity index (χ1) is 11.3. The third-order valence-corrected chi connectivity index (χ3v) is 5.20. The van der Waals surface area contributed by atoms with Gasteiger partial charge in [-0.05, 0) is 78.1 Å². The molecular formula is C16H11Br4NO3. The van der Waals surface area contributed by atoms with Crippen molar-refractivity contribution < 1.29 is 14.6 Å². The zero-order valence-electron chi connectivity index (χ0n) is 12.2. The van der Waals surface area contributed by atoms with Crippen LogP contribution in [0.1, 0.15) is 5.56 Å². The predicted octanol–water partition coefficient (Wildman–Crippen LogP) is 6.10. The number of halogens is 4. The number of amides is 1. The Hall–Kier alpha value is -0.830. The molecule has 0 saturated heterocycles. The lowest BCUT2D eigenvalue weighted by Crippen LogP contribution is -2.07. The van der Waals surface area contributed by atoms with Crippen LogP contribution < -0.4 is 10.1 Å². The Morgan fingerprint density at radius 2 is 1.71 bits per heavy atom. The van der Waals surface area contributed by atoms with Crippen LogP contribution in [0.2, 0.25) is 0 Å². The van der Waals surface area contributed by atoms with Crippen LogP contribution in [0.25, 0.3) is 6.08 Å². The van der Waals surface area contributed by atoms with Crippen molar-refractivity contribution in [3.05, 3.63) is 53.8 Å². The van der Waals surface area contributed by atoms with E-state index in [1.807, 2.05) is 12.1 Å².